The Morgan fingerprint density at radius 1 is 1.68 bits per heavy atom. The third kappa shape index (κ3) is 2.30. The van der Waals surface area contributed by atoms with Crippen LogP contribution in [0.25, 0.3) is 0 Å². The van der Waals surface area contributed by atoms with Crippen LogP contribution in [0.4, 0.5) is 11.5 Å². The molecule has 1 aliphatic heterocycles. The van der Waals surface area contributed by atoms with Crippen LogP contribution < -0.4 is 5.32 Å². The molecule has 0 radical (unpaired) electrons. The van der Waals surface area contributed by atoms with Crippen LogP contribution in [0.15, 0.2) is 12.3 Å². The van der Waals surface area contributed by atoms with E-state index in [9.17, 15) is 14.9 Å². The fraction of sp³-hybridized carbons (Fsp3) is 0.364. The number of nitrogens with zero attached hydrogens (tertiary/aromatic N) is 4. The summed E-state index contributed by atoms with van der Waals surface area (Å²) in [5.74, 6) is -0.184. The molecule has 1 unspecified atom stereocenters. The zero-order valence-corrected chi connectivity index (χ0v) is 10.2. The molecule has 98 valence electrons. The maximum Gasteiger partial charge on any atom is 0.328 e. The topological polar surface area (TPSA) is 112 Å². The minimum Gasteiger partial charge on any atom is -0.353 e. The standard InChI is InChI=1S/C11H11N5O3/c1-15-5-3-8(11(15)17)14-10-9(16(18)19)7(6-12)2-4-13-10/h2,4,8H,3,5H2,1H3,(H,13,14). The van der Waals surface area contributed by atoms with Crippen LogP contribution in [0.2, 0.25) is 0 Å². The lowest BCUT2D eigenvalue weighted by Gasteiger charge is -2.12. The summed E-state index contributed by atoms with van der Waals surface area (Å²) in [6.07, 6.45) is 1.85. The number of aromatic nitrogens is 1. The second kappa shape index (κ2) is 4.89. The Kier molecular flexibility index (Phi) is 3.29. The van der Waals surface area contributed by atoms with Gasteiger partial charge in [-0.15, -0.1) is 0 Å². The number of anilines is 1. The second-order valence-corrected chi connectivity index (χ2v) is 4.17. The molecule has 2 heterocycles. The number of amides is 1. The number of carbonyl (C=O) groups is 1. The molecule has 0 aliphatic carbocycles. The molecule has 1 N–H and O–H groups in total. The molecule has 1 aromatic heterocycles. The second-order valence-electron chi connectivity index (χ2n) is 4.17. The van der Waals surface area contributed by atoms with E-state index in [1.165, 1.54) is 17.2 Å². The summed E-state index contributed by atoms with van der Waals surface area (Å²) in [6, 6.07) is 2.48. The Balaban J connectivity index is 2.33. The zero-order chi connectivity index (χ0) is 14.0. The van der Waals surface area contributed by atoms with E-state index in [0.717, 1.165) is 0 Å². The van der Waals surface area contributed by atoms with Gasteiger partial charge in [0.1, 0.15) is 17.7 Å². The summed E-state index contributed by atoms with van der Waals surface area (Å²) < 4.78 is 0. The van der Waals surface area contributed by atoms with Crippen molar-refractivity contribution in [1.29, 1.82) is 5.26 Å². The average molecular weight is 261 g/mol. The van der Waals surface area contributed by atoms with Gasteiger partial charge in [0, 0.05) is 19.8 Å². The fourth-order valence-electron chi connectivity index (χ4n) is 1.96. The van der Waals surface area contributed by atoms with Crippen LogP contribution >= 0.6 is 0 Å². The van der Waals surface area contributed by atoms with E-state index in [2.05, 4.69) is 10.3 Å². The predicted octanol–water partition coefficient (Wildman–Crippen LogP) is 0.504. The molecule has 8 nitrogen and oxygen atoms in total. The van der Waals surface area contributed by atoms with Crippen LogP contribution in [0.3, 0.4) is 0 Å². The highest BCUT2D eigenvalue weighted by molar-refractivity contribution is 5.87. The van der Waals surface area contributed by atoms with Gasteiger partial charge in [0.05, 0.1) is 4.92 Å². The van der Waals surface area contributed by atoms with Crippen molar-refractivity contribution in [3.8, 4) is 6.07 Å². The van der Waals surface area contributed by atoms with E-state index in [0.29, 0.717) is 13.0 Å². The average Bonchev–Trinajstić information content (AvgIpc) is 2.70. The number of likely N-dealkylation sites (tertiary alicyclic amines) is 1. The number of likely N-dealkylation sites (N-methyl/N-ethyl adjacent to an activating group) is 1. The first-order valence-electron chi connectivity index (χ1n) is 5.59. The maximum atomic E-state index is 11.7. The minimum atomic E-state index is -0.670. The molecule has 1 saturated heterocycles. The Morgan fingerprint density at radius 3 is 2.95 bits per heavy atom. The van der Waals surface area contributed by atoms with Gasteiger partial charge in [0.25, 0.3) is 0 Å². The summed E-state index contributed by atoms with van der Waals surface area (Å²) in [7, 11) is 1.66. The zero-order valence-electron chi connectivity index (χ0n) is 10.2. The van der Waals surface area contributed by atoms with Crippen LogP contribution in [0.5, 0.6) is 0 Å². The van der Waals surface area contributed by atoms with Gasteiger partial charge in [-0.25, -0.2) is 4.98 Å². The normalized spacial score (nSPS) is 18.2. The number of pyridine rings is 1. The molecule has 1 fully saturated rings. The van der Waals surface area contributed by atoms with Gasteiger partial charge in [-0.1, -0.05) is 0 Å². The van der Waals surface area contributed by atoms with Gasteiger partial charge >= 0.3 is 5.69 Å². The van der Waals surface area contributed by atoms with Crippen molar-refractivity contribution in [2.45, 2.75) is 12.5 Å². The molecule has 1 aliphatic rings. The number of nitriles is 1. The number of hydrogen-bond acceptors (Lipinski definition) is 6. The van der Waals surface area contributed by atoms with Crippen LogP contribution in [0, 0.1) is 21.4 Å². The Labute approximate surface area is 108 Å². The number of carbonyl (C=O) groups excluding carboxylic acids is 1. The van der Waals surface area contributed by atoms with E-state index >= 15 is 0 Å². The summed E-state index contributed by atoms with van der Waals surface area (Å²) in [5.41, 5.74) is -0.478. The lowest BCUT2D eigenvalue weighted by molar-refractivity contribution is -0.384. The van der Waals surface area contributed by atoms with E-state index in [1.807, 2.05) is 0 Å². The Hall–Kier alpha value is -2.69. The minimum absolute atomic E-state index is 0.0438. The molecular formula is C11H11N5O3. The number of hydrogen-bond donors (Lipinski definition) is 1. The molecule has 0 saturated carbocycles. The number of nitrogens with one attached hydrogen (secondary N) is 1. The molecule has 1 amide bonds. The third-order valence-corrected chi connectivity index (χ3v) is 2.97. The van der Waals surface area contributed by atoms with Gasteiger partial charge in [0.15, 0.2) is 0 Å². The first-order chi connectivity index (χ1) is 9.04. The van der Waals surface area contributed by atoms with Crippen molar-refractivity contribution < 1.29 is 9.72 Å². The number of rotatable bonds is 3. The lowest BCUT2D eigenvalue weighted by atomic mass is 10.2. The predicted molar refractivity (Wildman–Crippen MR) is 65.3 cm³/mol. The molecule has 2 rings (SSSR count). The largest absolute Gasteiger partial charge is 0.353 e. The molecule has 1 aromatic rings. The summed E-state index contributed by atoms with van der Waals surface area (Å²) in [6.45, 7) is 0.586. The quantitative estimate of drug-likeness (QED) is 0.626. The highest BCUT2D eigenvalue weighted by atomic mass is 16.6. The summed E-state index contributed by atoms with van der Waals surface area (Å²) in [4.78, 5) is 27.5. The van der Waals surface area contributed by atoms with Crippen molar-refractivity contribution in [3.63, 3.8) is 0 Å². The highest BCUT2D eigenvalue weighted by Crippen LogP contribution is 2.27. The molecule has 0 spiro atoms. The van der Waals surface area contributed by atoms with Crippen LogP contribution in [-0.4, -0.2) is 40.3 Å². The monoisotopic (exact) mass is 261 g/mol. The molecule has 1 atom stereocenters. The van der Waals surface area contributed by atoms with Crippen LogP contribution in [-0.2, 0) is 4.79 Å². The van der Waals surface area contributed by atoms with Crippen molar-refractivity contribution >= 4 is 17.4 Å². The molecule has 8 heteroatoms. The molecule has 19 heavy (non-hydrogen) atoms. The van der Waals surface area contributed by atoms with E-state index in [4.69, 9.17) is 5.26 Å². The Morgan fingerprint density at radius 2 is 2.42 bits per heavy atom. The molecule has 0 aromatic carbocycles. The van der Waals surface area contributed by atoms with Crippen molar-refractivity contribution in [2.75, 3.05) is 18.9 Å². The summed E-state index contributed by atoms with van der Waals surface area (Å²) >= 11 is 0. The van der Waals surface area contributed by atoms with Gasteiger partial charge in [-0.3, -0.25) is 14.9 Å². The summed E-state index contributed by atoms with van der Waals surface area (Å²) in [5, 5.41) is 22.6. The lowest BCUT2D eigenvalue weighted by Crippen LogP contribution is -2.31. The first kappa shape index (κ1) is 12.8. The molecule has 0 bridgehead atoms. The maximum absolute atomic E-state index is 11.7. The Bertz CT molecular complexity index is 580. The van der Waals surface area contributed by atoms with Crippen molar-refractivity contribution in [2.24, 2.45) is 0 Å². The van der Waals surface area contributed by atoms with Gasteiger partial charge in [0.2, 0.25) is 11.7 Å². The van der Waals surface area contributed by atoms with Gasteiger partial charge < -0.3 is 10.2 Å². The fourth-order valence-corrected chi connectivity index (χ4v) is 1.96. The smallest absolute Gasteiger partial charge is 0.328 e. The van der Waals surface area contributed by atoms with Crippen LogP contribution in [0.1, 0.15) is 12.0 Å². The third-order valence-electron chi connectivity index (χ3n) is 2.97. The first-order valence-corrected chi connectivity index (χ1v) is 5.59. The number of nitro groups is 1. The van der Waals surface area contributed by atoms with Crippen molar-refractivity contribution in [1.82, 2.24) is 9.88 Å². The molecular weight excluding hydrogens is 250 g/mol. The van der Waals surface area contributed by atoms with E-state index in [-0.39, 0.29) is 17.3 Å². The van der Waals surface area contributed by atoms with Crippen molar-refractivity contribution in [3.05, 3.63) is 27.9 Å². The van der Waals surface area contributed by atoms with Gasteiger partial charge in [-0.05, 0) is 12.5 Å². The van der Waals surface area contributed by atoms with Gasteiger partial charge in [-0.2, -0.15) is 5.26 Å². The van der Waals surface area contributed by atoms with E-state index < -0.39 is 16.7 Å². The van der Waals surface area contributed by atoms with E-state index in [1.54, 1.807) is 13.1 Å². The highest BCUT2D eigenvalue weighted by Gasteiger charge is 2.32. The SMILES string of the molecule is CN1CCC(Nc2nccc(C#N)c2[N+](=O)[O-])C1=O.